The Labute approximate surface area is 92.9 Å². The van der Waals surface area contributed by atoms with Gasteiger partial charge in [-0.15, -0.1) is 0 Å². The summed E-state index contributed by atoms with van der Waals surface area (Å²) in [6.45, 7) is 2.84. The molecule has 1 atom stereocenters. The molecule has 5 heteroatoms. The minimum Gasteiger partial charge on any atom is -0.320 e. The summed E-state index contributed by atoms with van der Waals surface area (Å²) in [5, 5.41) is 3.01. The van der Waals surface area contributed by atoms with Gasteiger partial charge in [-0.3, -0.25) is 0 Å². The normalized spacial score (nSPS) is 19.1. The highest BCUT2D eigenvalue weighted by molar-refractivity contribution is 7.89. The molecule has 2 N–H and O–H groups in total. The molecule has 0 aromatic rings. The van der Waals surface area contributed by atoms with E-state index in [2.05, 4.69) is 10.0 Å². The molecule has 0 aromatic carbocycles. The number of rotatable bonds is 8. The van der Waals surface area contributed by atoms with Crippen molar-refractivity contribution in [2.24, 2.45) is 5.92 Å². The Morgan fingerprint density at radius 1 is 1.33 bits per heavy atom. The maximum Gasteiger partial charge on any atom is 0.211 e. The van der Waals surface area contributed by atoms with E-state index in [0.29, 0.717) is 5.92 Å². The third-order valence-corrected chi connectivity index (χ3v) is 4.34. The molecule has 0 heterocycles. The molecule has 0 radical (unpaired) electrons. The SMILES string of the molecule is CNCCCCS(=O)(=O)NC(C)C1CC1. The fourth-order valence-electron chi connectivity index (χ4n) is 1.63. The van der Waals surface area contributed by atoms with E-state index in [0.717, 1.165) is 19.4 Å². The van der Waals surface area contributed by atoms with Crippen LogP contribution in [-0.2, 0) is 10.0 Å². The molecule has 90 valence electrons. The molecule has 1 fully saturated rings. The molecule has 0 bridgehead atoms. The lowest BCUT2D eigenvalue weighted by atomic mass is 10.2. The number of sulfonamides is 1. The molecule has 0 amide bonds. The van der Waals surface area contributed by atoms with Crippen molar-refractivity contribution in [1.82, 2.24) is 10.0 Å². The first-order valence-electron chi connectivity index (χ1n) is 5.70. The minimum atomic E-state index is -3.04. The number of hydrogen-bond acceptors (Lipinski definition) is 3. The molecule has 1 aliphatic rings. The van der Waals surface area contributed by atoms with Gasteiger partial charge in [0.1, 0.15) is 0 Å². The van der Waals surface area contributed by atoms with Crippen LogP contribution < -0.4 is 10.0 Å². The van der Waals surface area contributed by atoms with Gasteiger partial charge in [-0.2, -0.15) is 0 Å². The zero-order valence-corrected chi connectivity index (χ0v) is 10.4. The molecule has 0 aliphatic heterocycles. The van der Waals surface area contributed by atoms with Gasteiger partial charge in [-0.1, -0.05) is 0 Å². The lowest BCUT2D eigenvalue weighted by Gasteiger charge is -2.12. The first-order valence-corrected chi connectivity index (χ1v) is 7.35. The van der Waals surface area contributed by atoms with Gasteiger partial charge in [0.05, 0.1) is 5.75 Å². The van der Waals surface area contributed by atoms with Crippen LogP contribution in [-0.4, -0.2) is 33.8 Å². The molecule has 1 rings (SSSR count). The maximum atomic E-state index is 11.6. The number of nitrogens with one attached hydrogen (secondary N) is 2. The molecule has 1 saturated carbocycles. The summed E-state index contributed by atoms with van der Waals surface area (Å²) in [6.07, 6.45) is 3.98. The molecule has 4 nitrogen and oxygen atoms in total. The van der Waals surface area contributed by atoms with Gasteiger partial charge < -0.3 is 5.32 Å². The average Bonchev–Trinajstić information content (AvgIpc) is 2.94. The Kier molecular flexibility index (Phi) is 5.02. The number of unbranched alkanes of at least 4 members (excludes halogenated alkanes) is 1. The summed E-state index contributed by atoms with van der Waals surface area (Å²) in [5.41, 5.74) is 0. The van der Waals surface area contributed by atoms with E-state index in [4.69, 9.17) is 0 Å². The van der Waals surface area contributed by atoms with E-state index >= 15 is 0 Å². The van der Waals surface area contributed by atoms with E-state index in [1.165, 1.54) is 12.8 Å². The van der Waals surface area contributed by atoms with E-state index in [9.17, 15) is 8.42 Å². The second-order valence-corrected chi connectivity index (χ2v) is 6.25. The Bertz CT molecular complexity index is 273. The fourth-order valence-corrected chi connectivity index (χ4v) is 3.09. The lowest BCUT2D eigenvalue weighted by molar-refractivity contribution is 0.535. The van der Waals surface area contributed by atoms with Crippen molar-refractivity contribution in [3.8, 4) is 0 Å². The standard InChI is InChI=1S/C10H22N2O2S/c1-9(10-5-6-10)12-15(13,14)8-4-3-7-11-2/h9-12H,3-8H2,1-2H3. The topological polar surface area (TPSA) is 58.2 Å². The summed E-state index contributed by atoms with van der Waals surface area (Å²) in [6, 6.07) is 0.124. The third kappa shape index (κ3) is 5.49. The van der Waals surface area contributed by atoms with E-state index in [-0.39, 0.29) is 11.8 Å². The lowest BCUT2D eigenvalue weighted by Crippen LogP contribution is -2.35. The van der Waals surface area contributed by atoms with Gasteiger partial charge >= 0.3 is 0 Å². The molecule has 1 unspecified atom stereocenters. The molecular weight excluding hydrogens is 212 g/mol. The first-order chi connectivity index (χ1) is 7.05. The summed E-state index contributed by atoms with van der Waals surface area (Å²) in [5.74, 6) is 0.836. The van der Waals surface area contributed by atoms with Crippen LogP contribution in [0.4, 0.5) is 0 Å². The van der Waals surface area contributed by atoms with Gasteiger partial charge in [0, 0.05) is 6.04 Å². The van der Waals surface area contributed by atoms with Crippen molar-refractivity contribution < 1.29 is 8.42 Å². The highest BCUT2D eigenvalue weighted by atomic mass is 32.2. The smallest absolute Gasteiger partial charge is 0.211 e. The highest BCUT2D eigenvalue weighted by Gasteiger charge is 2.30. The van der Waals surface area contributed by atoms with Crippen molar-refractivity contribution >= 4 is 10.0 Å². The van der Waals surface area contributed by atoms with Crippen molar-refractivity contribution in [3.63, 3.8) is 0 Å². The maximum absolute atomic E-state index is 11.6. The molecule has 0 spiro atoms. The quantitative estimate of drug-likeness (QED) is 0.608. The summed E-state index contributed by atoms with van der Waals surface area (Å²) in [4.78, 5) is 0. The van der Waals surface area contributed by atoms with Gasteiger partial charge in [0.15, 0.2) is 0 Å². The van der Waals surface area contributed by atoms with Crippen LogP contribution in [0.25, 0.3) is 0 Å². The predicted octanol–water partition coefficient (Wildman–Crippen LogP) is 0.704. The van der Waals surface area contributed by atoms with Gasteiger partial charge in [0.25, 0.3) is 0 Å². The Balaban J connectivity index is 2.19. The van der Waals surface area contributed by atoms with Crippen molar-refractivity contribution in [2.45, 2.75) is 38.6 Å². The van der Waals surface area contributed by atoms with Crippen LogP contribution in [0, 0.1) is 5.92 Å². The molecule has 15 heavy (non-hydrogen) atoms. The summed E-state index contributed by atoms with van der Waals surface area (Å²) in [7, 11) is -1.17. The van der Waals surface area contributed by atoms with Gasteiger partial charge in [-0.05, 0) is 52.1 Å². The van der Waals surface area contributed by atoms with Crippen LogP contribution in [0.3, 0.4) is 0 Å². The Morgan fingerprint density at radius 3 is 2.53 bits per heavy atom. The van der Waals surface area contributed by atoms with Crippen molar-refractivity contribution in [1.29, 1.82) is 0 Å². The minimum absolute atomic E-state index is 0.124. The van der Waals surface area contributed by atoms with Crippen molar-refractivity contribution in [2.75, 3.05) is 19.3 Å². The van der Waals surface area contributed by atoms with Crippen LogP contribution in [0.5, 0.6) is 0 Å². The number of hydrogen-bond donors (Lipinski definition) is 2. The highest BCUT2D eigenvalue weighted by Crippen LogP contribution is 2.32. The second-order valence-electron chi connectivity index (χ2n) is 4.37. The Morgan fingerprint density at radius 2 is 2.00 bits per heavy atom. The van der Waals surface area contributed by atoms with E-state index in [1.54, 1.807) is 0 Å². The Hall–Kier alpha value is -0.130. The first kappa shape index (κ1) is 12.9. The van der Waals surface area contributed by atoms with E-state index < -0.39 is 10.0 Å². The van der Waals surface area contributed by atoms with Gasteiger partial charge in [0.2, 0.25) is 10.0 Å². The van der Waals surface area contributed by atoms with Crippen molar-refractivity contribution in [3.05, 3.63) is 0 Å². The van der Waals surface area contributed by atoms with E-state index in [1.807, 2.05) is 14.0 Å². The van der Waals surface area contributed by atoms with Crippen LogP contribution in [0.15, 0.2) is 0 Å². The second kappa shape index (κ2) is 5.82. The predicted molar refractivity (Wildman–Crippen MR) is 62.3 cm³/mol. The third-order valence-electron chi connectivity index (χ3n) is 2.78. The van der Waals surface area contributed by atoms with Crippen LogP contribution >= 0.6 is 0 Å². The zero-order valence-electron chi connectivity index (χ0n) is 9.62. The van der Waals surface area contributed by atoms with Crippen LogP contribution in [0.2, 0.25) is 0 Å². The molecular formula is C10H22N2O2S. The van der Waals surface area contributed by atoms with Crippen LogP contribution in [0.1, 0.15) is 32.6 Å². The average molecular weight is 234 g/mol. The fraction of sp³-hybridized carbons (Fsp3) is 1.00. The molecule has 0 aromatic heterocycles. The molecule has 1 aliphatic carbocycles. The zero-order chi connectivity index (χ0) is 11.3. The summed E-state index contributed by atoms with van der Waals surface area (Å²) < 4.78 is 26.0. The summed E-state index contributed by atoms with van der Waals surface area (Å²) >= 11 is 0. The van der Waals surface area contributed by atoms with Gasteiger partial charge in [-0.25, -0.2) is 13.1 Å². The molecule has 0 saturated heterocycles. The largest absolute Gasteiger partial charge is 0.320 e. The monoisotopic (exact) mass is 234 g/mol.